The van der Waals surface area contributed by atoms with E-state index in [1.165, 1.54) is 0 Å². The largest absolute Gasteiger partial charge is 0.397 e. The van der Waals surface area contributed by atoms with E-state index in [1.807, 2.05) is 0 Å². The lowest BCUT2D eigenvalue weighted by Crippen LogP contribution is -2.51. The van der Waals surface area contributed by atoms with Crippen molar-refractivity contribution in [1.29, 1.82) is 0 Å². The van der Waals surface area contributed by atoms with Crippen molar-refractivity contribution in [1.82, 2.24) is 9.88 Å². The summed E-state index contributed by atoms with van der Waals surface area (Å²) < 4.78 is 0. The SMILES string of the molecule is Nc1c[nH]c(C(=O)N2CC(CO)C2)c1. The van der Waals surface area contributed by atoms with E-state index < -0.39 is 0 Å². The van der Waals surface area contributed by atoms with Gasteiger partial charge in [-0.25, -0.2) is 0 Å². The number of aromatic amines is 1. The number of carbonyl (C=O) groups is 1. The van der Waals surface area contributed by atoms with E-state index in [1.54, 1.807) is 17.2 Å². The first-order valence-electron chi connectivity index (χ1n) is 4.54. The minimum atomic E-state index is -0.0496. The molecule has 4 N–H and O–H groups in total. The van der Waals surface area contributed by atoms with Crippen LogP contribution in [0, 0.1) is 5.92 Å². The molecule has 1 saturated heterocycles. The first-order chi connectivity index (χ1) is 6.70. The minimum absolute atomic E-state index is 0.0496. The molecule has 0 atom stereocenters. The zero-order valence-corrected chi connectivity index (χ0v) is 7.73. The third kappa shape index (κ3) is 1.46. The lowest BCUT2D eigenvalue weighted by atomic mass is 10.0. The summed E-state index contributed by atoms with van der Waals surface area (Å²) in [6.45, 7) is 1.42. The molecule has 0 aromatic carbocycles. The van der Waals surface area contributed by atoms with E-state index in [4.69, 9.17) is 10.8 Å². The maximum absolute atomic E-state index is 11.7. The standard InChI is InChI=1S/C9H13N3O2/c10-7-1-8(11-2-7)9(14)12-3-6(4-12)5-13/h1-2,6,11,13H,3-5,10H2. The monoisotopic (exact) mass is 195 g/mol. The summed E-state index contributed by atoms with van der Waals surface area (Å²) in [5.41, 5.74) is 6.56. The van der Waals surface area contributed by atoms with Crippen molar-refractivity contribution in [2.75, 3.05) is 25.4 Å². The molecule has 0 aliphatic carbocycles. The van der Waals surface area contributed by atoms with Crippen molar-refractivity contribution in [2.24, 2.45) is 5.92 Å². The van der Waals surface area contributed by atoms with Crippen LogP contribution in [0.5, 0.6) is 0 Å². The fourth-order valence-electron chi connectivity index (χ4n) is 1.56. The van der Waals surface area contributed by atoms with Crippen LogP contribution in [0.2, 0.25) is 0 Å². The molecule has 0 saturated carbocycles. The number of hydrogen-bond acceptors (Lipinski definition) is 3. The Balaban J connectivity index is 1.97. The van der Waals surface area contributed by atoms with Crippen molar-refractivity contribution >= 4 is 11.6 Å². The number of amides is 1. The van der Waals surface area contributed by atoms with Crippen LogP contribution >= 0.6 is 0 Å². The Morgan fingerprint density at radius 3 is 2.93 bits per heavy atom. The van der Waals surface area contributed by atoms with Gasteiger partial charge in [-0.1, -0.05) is 0 Å². The lowest BCUT2D eigenvalue weighted by molar-refractivity contribution is 0.0357. The van der Waals surface area contributed by atoms with Crippen molar-refractivity contribution in [2.45, 2.75) is 0 Å². The first-order valence-corrected chi connectivity index (χ1v) is 4.54. The number of nitrogen functional groups attached to an aromatic ring is 1. The number of nitrogens with two attached hydrogens (primary N) is 1. The second-order valence-electron chi connectivity index (χ2n) is 3.61. The van der Waals surface area contributed by atoms with Crippen LogP contribution in [0.25, 0.3) is 0 Å². The van der Waals surface area contributed by atoms with Crippen LogP contribution in [0.4, 0.5) is 5.69 Å². The molecule has 0 unspecified atom stereocenters. The van der Waals surface area contributed by atoms with Gasteiger partial charge in [0, 0.05) is 37.5 Å². The molecule has 76 valence electrons. The molecular formula is C9H13N3O2. The van der Waals surface area contributed by atoms with Gasteiger partial charge in [-0.2, -0.15) is 0 Å². The molecule has 0 spiro atoms. The summed E-state index contributed by atoms with van der Waals surface area (Å²) in [5, 5.41) is 8.79. The molecule has 1 aromatic heterocycles. The first kappa shape index (κ1) is 9.08. The third-order valence-electron chi connectivity index (χ3n) is 2.44. The van der Waals surface area contributed by atoms with Crippen molar-refractivity contribution < 1.29 is 9.90 Å². The number of likely N-dealkylation sites (tertiary alicyclic amines) is 1. The van der Waals surface area contributed by atoms with E-state index in [9.17, 15) is 4.79 Å². The predicted molar refractivity (Wildman–Crippen MR) is 51.7 cm³/mol. The van der Waals surface area contributed by atoms with E-state index in [0.717, 1.165) is 0 Å². The molecule has 1 aliphatic heterocycles. The third-order valence-corrected chi connectivity index (χ3v) is 2.44. The number of H-pyrrole nitrogens is 1. The van der Waals surface area contributed by atoms with Crippen LogP contribution in [-0.2, 0) is 0 Å². The quantitative estimate of drug-likeness (QED) is 0.603. The van der Waals surface area contributed by atoms with Crippen molar-refractivity contribution in [3.05, 3.63) is 18.0 Å². The van der Waals surface area contributed by atoms with Gasteiger partial charge < -0.3 is 20.7 Å². The zero-order chi connectivity index (χ0) is 10.1. The van der Waals surface area contributed by atoms with Gasteiger partial charge in [-0.3, -0.25) is 4.79 Å². The number of hydrogen-bond donors (Lipinski definition) is 3. The van der Waals surface area contributed by atoms with Crippen molar-refractivity contribution in [3.63, 3.8) is 0 Å². The van der Waals surface area contributed by atoms with Gasteiger partial charge in [0.1, 0.15) is 5.69 Å². The van der Waals surface area contributed by atoms with Crippen LogP contribution in [0.1, 0.15) is 10.5 Å². The van der Waals surface area contributed by atoms with Gasteiger partial charge in [0.05, 0.1) is 0 Å². The van der Waals surface area contributed by atoms with Gasteiger partial charge in [0.2, 0.25) is 0 Å². The summed E-state index contributed by atoms with van der Waals surface area (Å²) >= 11 is 0. The zero-order valence-electron chi connectivity index (χ0n) is 7.73. The van der Waals surface area contributed by atoms with E-state index in [-0.39, 0.29) is 18.4 Å². The van der Waals surface area contributed by atoms with Gasteiger partial charge in [0.15, 0.2) is 0 Å². The molecular weight excluding hydrogens is 182 g/mol. The molecule has 1 aromatic rings. The maximum Gasteiger partial charge on any atom is 0.270 e. The van der Waals surface area contributed by atoms with E-state index in [0.29, 0.717) is 24.5 Å². The fraction of sp³-hybridized carbons (Fsp3) is 0.444. The van der Waals surface area contributed by atoms with Crippen LogP contribution in [0.3, 0.4) is 0 Å². The summed E-state index contributed by atoms with van der Waals surface area (Å²) in [6.07, 6.45) is 1.59. The Morgan fingerprint density at radius 1 is 1.71 bits per heavy atom. The van der Waals surface area contributed by atoms with Crippen LogP contribution in [-0.4, -0.2) is 40.6 Å². The molecule has 1 aliphatic rings. The number of anilines is 1. The molecule has 0 radical (unpaired) electrons. The molecule has 5 heteroatoms. The minimum Gasteiger partial charge on any atom is -0.397 e. The highest BCUT2D eigenvalue weighted by Crippen LogP contribution is 2.18. The molecule has 0 bridgehead atoms. The highest BCUT2D eigenvalue weighted by atomic mass is 16.3. The van der Waals surface area contributed by atoms with Gasteiger partial charge in [-0.15, -0.1) is 0 Å². The smallest absolute Gasteiger partial charge is 0.270 e. The topological polar surface area (TPSA) is 82.4 Å². The Hall–Kier alpha value is -1.49. The Labute approximate surface area is 81.5 Å². The second-order valence-corrected chi connectivity index (χ2v) is 3.61. The van der Waals surface area contributed by atoms with Crippen LogP contribution in [0.15, 0.2) is 12.3 Å². The van der Waals surface area contributed by atoms with E-state index in [2.05, 4.69) is 4.98 Å². The number of aliphatic hydroxyl groups excluding tert-OH is 1. The number of nitrogens with zero attached hydrogens (tertiary/aromatic N) is 1. The predicted octanol–water partition coefficient (Wildman–Crippen LogP) is -0.339. The van der Waals surface area contributed by atoms with Crippen LogP contribution < -0.4 is 5.73 Å². The summed E-state index contributed by atoms with van der Waals surface area (Å²) in [5.74, 6) is 0.192. The summed E-state index contributed by atoms with van der Waals surface area (Å²) in [4.78, 5) is 16.2. The Morgan fingerprint density at radius 2 is 2.43 bits per heavy atom. The average Bonchev–Trinajstić information content (AvgIpc) is 2.49. The number of nitrogens with one attached hydrogen (secondary N) is 1. The summed E-state index contributed by atoms with van der Waals surface area (Å²) in [7, 11) is 0. The number of aromatic nitrogens is 1. The summed E-state index contributed by atoms with van der Waals surface area (Å²) in [6, 6.07) is 1.62. The van der Waals surface area contributed by atoms with Gasteiger partial charge in [-0.05, 0) is 6.07 Å². The maximum atomic E-state index is 11.7. The Kier molecular flexibility index (Phi) is 2.17. The normalized spacial score (nSPS) is 16.8. The van der Waals surface area contributed by atoms with E-state index >= 15 is 0 Å². The highest BCUT2D eigenvalue weighted by molar-refractivity contribution is 5.93. The second kappa shape index (κ2) is 3.34. The molecule has 2 heterocycles. The average molecular weight is 195 g/mol. The fourth-order valence-corrected chi connectivity index (χ4v) is 1.56. The molecule has 14 heavy (non-hydrogen) atoms. The highest BCUT2D eigenvalue weighted by Gasteiger charge is 2.30. The molecule has 1 amide bonds. The molecule has 2 rings (SSSR count). The van der Waals surface area contributed by atoms with Gasteiger partial charge in [0.25, 0.3) is 5.91 Å². The molecule has 1 fully saturated rings. The van der Waals surface area contributed by atoms with Gasteiger partial charge >= 0.3 is 0 Å². The number of carbonyl (C=O) groups excluding carboxylic acids is 1. The van der Waals surface area contributed by atoms with Crippen molar-refractivity contribution in [3.8, 4) is 0 Å². The number of aliphatic hydroxyl groups is 1. The lowest BCUT2D eigenvalue weighted by Gasteiger charge is -2.37. The Bertz CT molecular complexity index is 342. The number of rotatable bonds is 2. The molecule has 5 nitrogen and oxygen atoms in total.